The van der Waals surface area contributed by atoms with Gasteiger partial charge in [-0.25, -0.2) is 0 Å². The van der Waals surface area contributed by atoms with Crippen molar-refractivity contribution in [2.45, 2.75) is 206 Å². The predicted molar refractivity (Wildman–Crippen MR) is 219 cm³/mol. The van der Waals surface area contributed by atoms with Gasteiger partial charge in [-0.3, -0.25) is 0 Å². The van der Waals surface area contributed by atoms with E-state index in [2.05, 4.69) is 81.5 Å². The van der Waals surface area contributed by atoms with Crippen molar-refractivity contribution in [1.82, 2.24) is 4.90 Å². The van der Waals surface area contributed by atoms with Gasteiger partial charge in [-0.2, -0.15) is 0 Å². The molecule has 0 radical (unpaired) electrons. The number of ether oxygens (including phenoxy) is 2. The molecule has 0 amide bonds. The molecule has 0 N–H and O–H groups in total. The van der Waals surface area contributed by atoms with Gasteiger partial charge < -0.3 is 14.4 Å². The Bertz CT molecular complexity index is 724. The molecule has 1 aliphatic carbocycles. The molecule has 1 rings (SSSR count). The fourth-order valence-electron chi connectivity index (χ4n) is 7.08. The monoisotopic (exact) mass is 684 g/mol. The molecule has 0 spiro atoms. The summed E-state index contributed by atoms with van der Waals surface area (Å²) >= 11 is 0. The van der Waals surface area contributed by atoms with Crippen molar-refractivity contribution >= 4 is 0 Å². The van der Waals surface area contributed by atoms with E-state index in [1.165, 1.54) is 154 Å². The van der Waals surface area contributed by atoms with Gasteiger partial charge in [0.25, 0.3) is 0 Å². The van der Waals surface area contributed by atoms with Crippen molar-refractivity contribution < 1.29 is 9.47 Å². The third-order valence-corrected chi connectivity index (χ3v) is 10.0. The van der Waals surface area contributed by atoms with Crippen molar-refractivity contribution in [3.05, 3.63) is 48.6 Å². The van der Waals surface area contributed by atoms with Gasteiger partial charge in [-0.05, 0) is 110 Å². The first-order valence-corrected chi connectivity index (χ1v) is 21.6. The predicted octanol–water partition coefficient (Wildman–Crippen LogP) is 14.1. The largest absolute Gasteiger partial charge is 0.376 e. The van der Waals surface area contributed by atoms with E-state index >= 15 is 0 Å². The van der Waals surface area contributed by atoms with Gasteiger partial charge in [0.2, 0.25) is 0 Å². The lowest BCUT2D eigenvalue weighted by Gasteiger charge is -2.21. The first-order valence-electron chi connectivity index (χ1n) is 21.6. The Kier molecular flexibility index (Phi) is 34.3. The summed E-state index contributed by atoms with van der Waals surface area (Å²) in [6, 6.07) is 0. The van der Waals surface area contributed by atoms with Crippen molar-refractivity contribution in [1.29, 1.82) is 0 Å². The molecule has 0 saturated heterocycles. The van der Waals surface area contributed by atoms with Gasteiger partial charge in [-0.15, -0.1) is 0 Å². The molecular formula is C46H85NO2. The summed E-state index contributed by atoms with van der Waals surface area (Å²) in [7, 11) is 4.39. The molecule has 49 heavy (non-hydrogen) atoms. The van der Waals surface area contributed by atoms with Crippen LogP contribution in [-0.2, 0) is 9.47 Å². The van der Waals surface area contributed by atoms with Crippen LogP contribution in [0.4, 0.5) is 0 Å². The Balaban J connectivity index is 2.02. The average Bonchev–Trinajstić information content (AvgIpc) is 3.47. The highest BCUT2D eigenvalue weighted by atomic mass is 16.5. The highest BCUT2D eigenvalue weighted by molar-refractivity contribution is 4.93. The van der Waals surface area contributed by atoms with E-state index in [1.807, 2.05) is 0 Å². The smallest absolute Gasteiger partial charge is 0.0839 e. The van der Waals surface area contributed by atoms with Crippen LogP contribution in [0.25, 0.3) is 0 Å². The third-order valence-electron chi connectivity index (χ3n) is 10.0. The number of unbranched alkanes of at least 4 members (excludes halogenated alkanes) is 20. The summed E-state index contributed by atoms with van der Waals surface area (Å²) in [6.07, 6.45) is 55.6. The number of allylic oxidation sites excluding steroid dienone is 8. The van der Waals surface area contributed by atoms with Gasteiger partial charge in [0.15, 0.2) is 0 Å². The summed E-state index contributed by atoms with van der Waals surface area (Å²) in [6.45, 7) is 7.50. The maximum atomic E-state index is 6.48. The fraction of sp³-hybridized carbons (Fsp3) is 0.826. The van der Waals surface area contributed by atoms with Crippen LogP contribution in [-0.4, -0.2) is 51.0 Å². The molecule has 1 unspecified atom stereocenters. The van der Waals surface area contributed by atoms with Crippen LogP contribution in [0.3, 0.4) is 0 Å². The van der Waals surface area contributed by atoms with E-state index in [4.69, 9.17) is 9.47 Å². The third kappa shape index (κ3) is 31.3. The lowest BCUT2D eigenvalue weighted by atomic mass is 10.1. The molecule has 0 heterocycles. The average molecular weight is 684 g/mol. The van der Waals surface area contributed by atoms with Crippen LogP contribution in [0.5, 0.6) is 0 Å². The fourth-order valence-corrected chi connectivity index (χ4v) is 7.08. The van der Waals surface area contributed by atoms with E-state index in [0.29, 0.717) is 18.1 Å². The number of rotatable bonds is 36. The molecule has 0 aliphatic heterocycles. The minimum atomic E-state index is 0.297. The standard InChI is InChI=1S/C46H85NO2/c1-5-7-9-11-13-15-17-19-21-23-25-27-29-31-33-35-37-39-48-45-41-44(43-47(3)4)42-46(45)49-40-38-36-34-32-30-28-26-24-22-20-18-16-14-12-10-8-6-2/h13-16,19-22,44-46H,5-12,17-18,23-43H2,1-4H3/b15-13-,16-14-,21-19-,22-20-/t44?,45-,46+. The van der Waals surface area contributed by atoms with Crippen LogP contribution in [0.2, 0.25) is 0 Å². The Morgan fingerprint density at radius 1 is 0.429 bits per heavy atom. The van der Waals surface area contributed by atoms with Crippen LogP contribution in [0, 0.1) is 5.92 Å². The maximum Gasteiger partial charge on any atom is 0.0839 e. The summed E-state index contributed by atoms with van der Waals surface area (Å²) in [4.78, 5) is 2.33. The lowest BCUT2D eigenvalue weighted by Crippen LogP contribution is -2.27. The first-order chi connectivity index (χ1) is 24.2. The zero-order chi connectivity index (χ0) is 35.3. The number of nitrogens with zero attached hydrogens (tertiary/aromatic N) is 1. The van der Waals surface area contributed by atoms with Crippen LogP contribution < -0.4 is 0 Å². The minimum Gasteiger partial charge on any atom is -0.376 e. The number of hydrogen-bond donors (Lipinski definition) is 0. The Morgan fingerprint density at radius 2 is 0.755 bits per heavy atom. The van der Waals surface area contributed by atoms with E-state index in [0.717, 1.165) is 45.4 Å². The first kappa shape index (κ1) is 45.9. The summed E-state index contributed by atoms with van der Waals surface area (Å²) in [5.41, 5.74) is 0. The molecule has 0 aromatic heterocycles. The van der Waals surface area contributed by atoms with E-state index in [1.54, 1.807) is 0 Å². The van der Waals surface area contributed by atoms with Crippen LogP contribution in [0.15, 0.2) is 48.6 Å². The van der Waals surface area contributed by atoms with Gasteiger partial charge in [0.05, 0.1) is 12.2 Å². The molecule has 3 nitrogen and oxygen atoms in total. The van der Waals surface area contributed by atoms with Crippen molar-refractivity contribution in [2.75, 3.05) is 33.9 Å². The number of hydrogen-bond acceptors (Lipinski definition) is 3. The zero-order valence-corrected chi connectivity index (χ0v) is 33.5. The van der Waals surface area contributed by atoms with Crippen LogP contribution >= 0.6 is 0 Å². The quantitative estimate of drug-likeness (QED) is 0.0485. The lowest BCUT2D eigenvalue weighted by molar-refractivity contribution is -0.0578. The van der Waals surface area contributed by atoms with E-state index < -0.39 is 0 Å². The van der Waals surface area contributed by atoms with Gasteiger partial charge in [0.1, 0.15) is 0 Å². The summed E-state index contributed by atoms with van der Waals surface area (Å²) in [5.74, 6) is 0.703. The molecule has 0 bridgehead atoms. The van der Waals surface area contributed by atoms with Gasteiger partial charge in [-0.1, -0.05) is 152 Å². The molecule has 1 aliphatic rings. The Labute approximate surface area is 307 Å². The highest BCUT2D eigenvalue weighted by Gasteiger charge is 2.35. The summed E-state index contributed by atoms with van der Waals surface area (Å²) in [5, 5.41) is 0. The molecule has 0 aromatic carbocycles. The normalized spacial score (nSPS) is 18.6. The molecule has 0 aromatic rings. The second-order valence-electron chi connectivity index (χ2n) is 15.3. The maximum absolute atomic E-state index is 6.48. The molecule has 286 valence electrons. The zero-order valence-electron chi connectivity index (χ0n) is 33.5. The molecule has 3 atom stereocenters. The Hall–Kier alpha value is -1.16. The van der Waals surface area contributed by atoms with E-state index in [-0.39, 0.29) is 0 Å². The topological polar surface area (TPSA) is 21.7 Å². The summed E-state index contributed by atoms with van der Waals surface area (Å²) < 4.78 is 13.0. The molecular weight excluding hydrogens is 599 g/mol. The van der Waals surface area contributed by atoms with Gasteiger partial charge in [0, 0.05) is 19.8 Å². The molecule has 1 saturated carbocycles. The highest BCUT2D eigenvalue weighted by Crippen LogP contribution is 2.31. The van der Waals surface area contributed by atoms with Crippen molar-refractivity contribution in [3.8, 4) is 0 Å². The second-order valence-corrected chi connectivity index (χ2v) is 15.3. The molecule has 1 fully saturated rings. The SMILES string of the molecule is CCCCC/C=C\C/C=C\CCCCCCCCCO[C@H]1CC(CN(C)C)C[C@H]1OCCCCCCCCC/C=C\C/C=C\CCCCC. The minimum absolute atomic E-state index is 0.297. The van der Waals surface area contributed by atoms with E-state index in [9.17, 15) is 0 Å². The molecule has 3 heteroatoms. The van der Waals surface area contributed by atoms with Gasteiger partial charge >= 0.3 is 0 Å². The van der Waals surface area contributed by atoms with Crippen molar-refractivity contribution in [2.24, 2.45) is 5.92 Å². The second kappa shape index (κ2) is 36.6. The van der Waals surface area contributed by atoms with Crippen molar-refractivity contribution in [3.63, 3.8) is 0 Å². The van der Waals surface area contributed by atoms with Crippen LogP contribution in [0.1, 0.15) is 194 Å². The Morgan fingerprint density at radius 3 is 1.10 bits per heavy atom.